The van der Waals surface area contributed by atoms with Crippen molar-refractivity contribution in [2.24, 2.45) is 0 Å². The molecule has 0 unspecified atom stereocenters. The van der Waals surface area contributed by atoms with Gasteiger partial charge in [-0.2, -0.15) is 0 Å². The fraction of sp³-hybridized carbons (Fsp3) is 0.417. The van der Waals surface area contributed by atoms with Gasteiger partial charge in [-0.05, 0) is 74.9 Å². The Labute approximate surface area is 167 Å². The number of rotatable bonds is 7. The van der Waals surface area contributed by atoms with E-state index < -0.39 is 23.8 Å². The van der Waals surface area contributed by atoms with Gasteiger partial charge in [0.2, 0.25) is 0 Å². The zero-order chi connectivity index (χ0) is 21.2. The third kappa shape index (κ3) is 4.80. The maximum atomic E-state index is 11.8. The lowest BCUT2D eigenvalue weighted by Crippen LogP contribution is -2.22. The first-order chi connectivity index (χ1) is 13.0. The third-order valence-electron chi connectivity index (χ3n) is 5.49. The van der Waals surface area contributed by atoms with E-state index >= 15 is 0 Å². The average molecular weight is 383 g/mol. The molecule has 0 aliphatic heterocycles. The predicted molar refractivity (Wildman–Crippen MR) is 111 cm³/mol. The molecule has 2 N–H and O–H groups in total. The number of hydrogen-bond donors (Lipinski definition) is 2. The standard InChI is InChI=1S/C24H30O4/c1-13-7-15(3)23(16(4)8-13)19(11-21(25)26)20(12-22(27)28)24-17(5)9-14(2)10-18(24)6/h7-10,19-20H,11-12H2,1-6H3,(H,25,26)(H,27,28)/t19-,20-/m0/s1. The summed E-state index contributed by atoms with van der Waals surface area (Å²) in [6.07, 6.45) is -0.203. The van der Waals surface area contributed by atoms with Crippen LogP contribution in [0.5, 0.6) is 0 Å². The monoisotopic (exact) mass is 382 g/mol. The smallest absolute Gasteiger partial charge is 0.303 e. The van der Waals surface area contributed by atoms with Crippen molar-refractivity contribution >= 4 is 11.9 Å². The maximum Gasteiger partial charge on any atom is 0.303 e. The van der Waals surface area contributed by atoms with Crippen molar-refractivity contribution in [1.82, 2.24) is 0 Å². The van der Waals surface area contributed by atoms with Crippen LogP contribution >= 0.6 is 0 Å². The predicted octanol–water partition coefficient (Wildman–Crippen LogP) is 5.35. The molecular weight excluding hydrogens is 352 g/mol. The highest BCUT2D eigenvalue weighted by molar-refractivity contribution is 5.71. The third-order valence-corrected chi connectivity index (χ3v) is 5.49. The lowest BCUT2D eigenvalue weighted by atomic mass is 9.72. The molecule has 0 fully saturated rings. The summed E-state index contributed by atoms with van der Waals surface area (Å²) < 4.78 is 0. The van der Waals surface area contributed by atoms with Crippen molar-refractivity contribution in [2.45, 2.75) is 66.2 Å². The number of carboxylic acid groups (broad SMARTS) is 2. The first-order valence-electron chi connectivity index (χ1n) is 9.60. The molecule has 0 heterocycles. The molecule has 0 saturated carbocycles. The van der Waals surface area contributed by atoms with Crippen LogP contribution in [0.25, 0.3) is 0 Å². The molecule has 4 nitrogen and oxygen atoms in total. The van der Waals surface area contributed by atoms with Gasteiger partial charge >= 0.3 is 11.9 Å². The molecule has 2 rings (SSSR count). The number of carbonyl (C=O) groups is 2. The second-order valence-corrected chi connectivity index (χ2v) is 8.03. The number of hydrogen-bond acceptors (Lipinski definition) is 2. The van der Waals surface area contributed by atoms with Crippen molar-refractivity contribution in [3.05, 3.63) is 68.8 Å². The molecule has 4 heteroatoms. The van der Waals surface area contributed by atoms with Crippen LogP contribution in [0.4, 0.5) is 0 Å². The van der Waals surface area contributed by atoms with Gasteiger partial charge in [0, 0.05) is 11.8 Å². The van der Waals surface area contributed by atoms with Crippen molar-refractivity contribution < 1.29 is 19.8 Å². The van der Waals surface area contributed by atoms with Gasteiger partial charge in [-0.15, -0.1) is 0 Å². The maximum absolute atomic E-state index is 11.8. The summed E-state index contributed by atoms with van der Waals surface area (Å²) >= 11 is 0. The Bertz CT molecular complexity index is 789. The van der Waals surface area contributed by atoms with Crippen LogP contribution in [-0.4, -0.2) is 22.2 Å². The highest BCUT2D eigenvalue weighted by atomic mass is 16.4. The molecule has 0 aromatic heterocycles. The molecular formula is C24H30O4. The van der Waals surface area contributed by atoms with Crippen LogP contribution in [0, 0.1) is 41.5 Å². The van der Waals surface area contributed by atoms with E-state index in [1.807, 2.05) is 65.8 Å². The Morgan fingerprint density at radius 1 is 0.643 bits per heavy atom. The Kier molecular flexibility index (Phi) is 6.65. The summed E-state index contributed by atoms with van der Waals surface area (Å²) in [6, 6.07) is 8.18. The van der Waals surface area contributed by atoms with E-state index in [0.29, 0.717) is 0 Å². The van der Waals surface area contributed by atoms with Crippen LogP contribution in [0.1, 0.15) is 69.2 Å². The Balaban J connectivity index is 2.76. The summed E-state index contributed by atoms with van der Waals surface area (Å²) in [5.41, 5.74) is 8.21. The topological polar surface area (TPSA) is 74.6 Å². The minimum atomic E-state index is -0.915. The van der Waals surface area contributed by atoms with Crippen LogP contribution < -0.4 is 0 Å². The minimum absolute atomic E-state index is 0.102. The lowest BCUT2D eigenvalue weighted by Gasteiger charge is -2.31. The SMILES string of the molecule is Cc1cc(C)c([C@@H](CC(=O)O)[C@H](CC(=O)O)c2c(C)cc(C)cc2C)c(C)c1. The Hall–Kier alpha value is -2.62. The molecule has 2 atom stereocenters. The van der Waals surface area contributed by atoms with E-state index in [4.69, 9.17) is 0 Å². The normalized spacial score (nSPS) is 13.2. The van der Waals surface area contributed by atoms with Crippen molar-refractivity contribution in [2.75, 3.05) is 0 Å². The van der Waals surface area contributed by atoms with Crippen molar-refractivity contribution in [1.29, 1.82) is 0 Å². The van der Waals surface area contributed by atoms with Crippen LogP contribution in [0.2, 0.25) is 0 Å². The van der Waals surface area contributed by atoms with E-state index in [0.717, 1.165) is 44.5 Å². The zero-order valence-corrected chi connectivity index (χ0v) is 17.6. The van der Waals surface area contributed by atoms with Gasteiger partial charge in [-0.1, -0.05) is 35.4 Å². The van der Waals surface area contributed by atoms with Crippen LogP contribution in [-0.2, 0) is 9.59 Å². The van der Waals surface area contributed by atoms with Gasteiger partial charge in [0.15, 0.2) is 0 Å². The first kappa shape index (κ1) is 21.7. The molecule has 0 radical (unpaired) electrons. The zero-order valence-electron chi connectivity index (χ0n) is 17.6. The molecule has 0 aliphatic carbocycles. The number of aryl methyl sites for hydroxylation is 6. The largest absolute Gasteiger partial charge is 0.481 e. The number of carboxylic acids is 2. The first-order valence-corrected chi connectivity index (χ1v) is 9.60. The summed E-state index contributed by atoms with van der Waals surface area (Å²) in [4.78, 5) is 23.5. The van der Waals surface area contributed by atoms with E-state index in [1.54, 1.807) is 0 Å². The molecule has 2 aromatic carbocycles. The van der Waals surface area contributed by atoms with Gasteiger partial charge in [-0.3, -0.25) is 9.59 Å². The highest BCUT2D eigenvalue weighted by Gasteiger charge is 2.33. The molecule has 28 heavy (non-hydrogen) atoms. The lowest BCUT2D eigenvalue weighted by molar-refractivity contribution is -0.140. The van der Waals surface area contributed by atoms with E-state index in [9.17, 15) is 19.8 Å². The molecule has 0 bridgehead atoms. The van der Waals surface area contributed by atoms with Gasteiger partial charge in [0.1, 0.15) is 0 Å². The number of benzene rings is 2. The van der Waals surface area contributed by atoms with Crippen LogP contribution in [0.15, 0.2) is 24.3 Å². The fourth-order valence-electron chi connectivity index (χ4n) is 4.82. The average Bonchev–Trinajstić information content (AvgIpc) is 2.50. The van der Waals surface area contributed by atoms with Crippen LogP contribution in [0.3, 0.4) is 0 Å². The quantitative estimate of drug-likeness (QED) is 0.676. The van der Waals surface area contributed by atoms with Crippen molar-refractivity contribution in [3.63, 3.8) is 0 Å². The molecule has 0 spiro atoms. The fourth-order valence-corrected chi connectivity index (χ4v) is 4.82. The molecule has 0 amide bonds. The summed E-state index contributed by atoms with van der Waals surface area (Å²) in [6.45, 7) is 12.0. The van der Waals surface area contributed by atoms with E-state index in [2.05, 4.69) is 0 Å². The summed E-state index contributed by atoms with van der Waals surface area (Å²) in [5, 5.41) is 19.3. The highest BCUT2D eigenvalue weighted by Crippen LogP contribution is 2.43. The van der Waals surface area contributed by atoms with Gasteiger partial charge in [-0.25, -0.2) is 0 Å². The summed E-state index contributed by atoms with van der Waals surface area (Å²) in [5.74, 6) is -2.65. The van der Waals surface area contributed by atoms with Crippen molar-refractivity contribution in [3.8, 4) is 0 Å². The Morgan fingerprint density at radius 3 is 1.11 bits per heavy atom. The van der Waals surface area contributed by atoms with Gasteiger partial charge in [0.25, 0.3) is 0 Å². The molecule has 0 aliphatic rings. The minimum Gasteiger partial charge on any atom is -0.481 e. The second-order valence-electron chi connectivity index (χ2n) is 8.03. The second kappa shape index (κ2) is 8.59. The molecule has 2 aromatic rings. The van der Waals surface area contributed by atoms with Gasteiger partial charge < -0.3 is 10.2 Å². The molecule has 150 valence electrons. The molecule has 0 saturated heterocycles. The van der Waals surface area contributed by atoms with Gasteiger partial charge in [0.05, 0.1) is 12.8 Å². The van der Waals surface area contributed by atoms with E-state index in [-0.39, 0.29) is 12.8 Å². The number of aliphatic carboxylic acids is 2. The summed E-state index contributed by atoms with van der Waals surface area (Å²) in [7, 11) is 0. The Morgan fingerprint density at radius 2 is 0.893 bits per heavy atom. The van der Waals surface area contributed by atoms with E-state index in [1.165, 1.54) is 0 Å².